The Bertz CT molecular complexity index is 606. The summed E-state index contributed by atoms with van der Waals surface area (Å²) in [6, 6.07) is 8.47. The average molecular weight is 281 g/mol. The molecule has 1 heterocycles. The lowest BCUT2D eigenvalue weighted by Gasteiger charge is -1.98. The van der Waals surface area contributed by atoms with Crippen LogP contribution in [0.15, 0.2) is 35.7 Å². The van der Waals surface area contributed by atoms with Crippen molar-refractivity contribution in [2.24, 2.45) is 0 Å². The largest absolute Gasteiger partial charge is 0.279 e. The Hall–Kier alpha value is -1.27. The van der Waals surface area contributed by atoms with E-state index in [0.717, 1.165) is 4.88 Å². The molecule has 0 amide bonds. The molecule has 0 aliphatic heterocycles. The van der Waals surface area contributed by atoms with Crippen LogP contribution < -0.4 is 0 Å². The van der Waals surface area contributed by atoms with E-state index in [2.05, 4.69) is 11.8 Å². The minimum atomic E-state index is -0.328. The molecule has 2 rings (SSSR count). The minimum Gasteiger partial charge on any atom is -0.279 e. The zero-order valence-electron chi connectivity index (χ0n) is 8.54. The summed E-state index contributed by atoms with van der Waals surface area (Å²) in [6.07, 6.45) is 0. The number of carbonyl (C=O) groups is 1. The molecule has 0 unspecified atom stereocenters. The molecule has 1 nitrogen and oxygen atoms in total. The van der Waals surface area contributed by atoms with Gasteiger partial charge in [0.1, 0.15) is 0 Å². The van der Waals surface area contributed by atoms with Gasteiger partial charge in [-0.05, 0) is 41.5 Å². The summed E-state index contributed by atoms with van der Waals surface area (Å²) in [5, 5.41) is 2.73. The lowest BCUT2D eigenvalue weighted by Crippen LogP contribution is -1.96. The van der Waals surface area contributed by atoms with E-state index >= 15 is 0 Å². The predicted octanol–water partition coefficient (Wildman–Crippen LogP) is 4.29. The molecular weight excluding hydrogens is 275 g/mol. The third kappa shape index (κ3) is 3.10. The quantitative estimate of drug-likeness (QED) is 0.563. The average Bonchev–Trinajstić information content (AvgIpc) is 2.82. The van der Waals surface area contributed by atoms with Crippen LogP contribution >= 0.6 is 34.5 Å². The van der Waals surface area contributed by atoms with Gasteiger partial charge in [-0.2, -0.15) is 0 Å². The first-order valence-electron chi connectivity index (χ1n) is 4.72. The minimum absolute atomic E-state index is 0.328. The molecule has 84 valence electrons. The molecule has 0 saturated heterocycles. The van der Waals surface area contributed by atoms with Gasteiger partial charge in [-0.25, -0.2) is 0 Å². The van der Waals surface area contributed by atoms with E-state index in [1.54, 1.807) is 12.1 Å². The molecule has 0 aliphatic carbocycles. The monoisotopic (exact) mass is 280 g/mol. The Morgan fingerprint density at radius 2 is 2.06 bits per heavy atom. The maximum atomic E-state index is 11.8. The van der Waals surface area contributed by atoms with E-state index < -0.39 is 0 Å². The van der Waals surface area contributed by atoms with Crippen LogP contribution in [-0.4, -0.2) is 5.78 Å². The van der Waals surface area contributed by atoms with Crippen molar-refractivity contribution in [1.29, 1.82) is 0 Å². The molecule has 17 heavy (non-hydrogen) atoms. The second-order valence-corrected chi connectivity index (χ2v) is 4.97. The standard InChI is InChI=1S/C13H6Cl2OS/c14-9-3-5-12(15)11(8-9)13(16)6-4-10-2-1-7-17-10/h1-3,5,7-8H. The van der Waals surface area contributed by atoms with Crippen molar-refractivity contribution in [2.75, 3.05) is 0 Å². The molecule has 0 fully saturated rings. The molecule has 0 aliphatic rings. The van der Waals surface area contributed by atoms with Gasteiger partial charge in [-0.1, -0.05) is 29.3 Å². The molecule has 0 bridgehead atoms. The molecule has 0 atom stereocenters. The van der Waals surface area contributed by atoms with Gasteiger partial charge < -0.3 is 0 Å². The van der Waals surface area contributed by atoms with Crippen LogP contribution in [0.2, 0.25) is 10.0 Å². The van der Waals surface area contributed by atoms with Gasteiger partial charge in [0.25, 0.3) is 0 Å². The fourth-order valence-corrected chi connectivity index (χ4v) is 2.15. The maximum absolute atomic E-state index is 11.8. The summed E-state index contributed by atoms with van der Waals surface area (Å²) in [5.74, 6) is 5.01. The lowest BCUT2D eigenvalue weighted by atomic mass is 10.1. The van der Waals surface area contributed by atoms with Crippen LogP contribution in [-0.2, 0) is 0 Å². The molecule has 2 aromatic rings. The first-order valence-corrected chi connectivity index (χ1v) is 6.35. The fraction of sp³-hybridized carbons (Fsp3) is 0. The maximum Gasteiger partial charge on any atom is 0.237 e. The lowest BCUT2D eigenvalue weighted by molar-refractivity contribution is 0.105. The van der Waals surface area contributed by atoms with Gasteiger partial charge in [0.2, 0.25) is 5.78 Å². The fourth-order valence-electron chi connectivity index (χ4n) is 1.21. The number of thiophene rings is 1. The van der Waals surface area contributed by atoms with Crippen molar-refractivity contribution in [2.45, 2.75) is 0 Å². The van der Waals surface area contributed by atoms with E-state index in [-0.39, 0.29) is 5.78 Å². The van der Waals surface area contributed by atoms with Gasteiger partial charge in [0, 0.05) is 5.02 Å². The van der Waals surface area contributed by atoms with E-state index in [4.69, 9.17) is 23.2 Å². The summed E-state index contributed by atoms with van der Waals surface area (Å²) >= 11 is 13.2. The molecule has 0 radical (unpaired) electrons. The van der Waals surface area contributed by atoms with Crippen molar-refractivity contribution in [3.05, 3.63) is 56.2 Å². The summed E-state index contributed by atoms with van der Waals surface area (Å²) in [5.41, 5.74) is 0.336. The SMILES string of the molecule is O=C(C#Cc1cccs1)c1cc(Cl)ccc1Cl. The number of halogens is 2. The van der Waals surface area contributed by atoms with Crippen molar-refractivity contribution in [1.82, 2.24) is 0 Å². The molecular formula is C13H6Cl2OS. The number of benzene rings is 1. The third-order valence-corrected chi connectivity index (χ3v) is 3.34. The van der Waals surface area contributed by atoms with Gasteiger partial charge >= 0.3 is 0 Å². The van der Waals surface area contributed by atoms with E-state index in [1.165, 1.54) is 17.4 Å². The summed E-state index contributed by atoms with van der Waals surface area (Å²) in [4.78, 5) is 12.6. The van der Waals surface area contributed by atoms with Gasteiger partial charge in [-0.3, -0.25) is 4.79 Å². The second kappa shape index (κ2) is 5.37. The molecule has 1 aromatic heterocycles. The van der Waals surface area contributed by atoms with Crippen LogP contribution in [0.3, 0.4) is 0 Å². The van der Waals surface area contributed by atoms with Crippen LogP contribution in [0.5, 0.6) is 0 Å². The smallest absolute Gasteiger partial charge is 0.237 e. The highest BCUT2D eigenvalue weighted by Crippen LogP contribution is 2.20. The third-order valence-electron chi connectivity index (χ3n) is 1.99. The van der Waals surface area contributed by atoms with E-state index in [1.807, 2.05) is 17.5 Å². The van der Waals surface area contributed by atoms with E-state index in [9.17, 15) is 4.79 Å². The van der Waals surface area contributed by atoms with E-state index in [0.29, 0.717) is 15.6 Å². The Morgan fingerprint density at radius 1 is 1.24 bits per heavy atom. The normalized spacial score (nSPS) is 9.53. The molecule has 0 saturated carbocycles. The number of carbonyl (C=O) groups excluding carboxylic acids is 1. The van der Waals surface area contributed by atoms with Gasteiger partial charge in [0.15, 0.2) is 0 Å². The highest BCUT2D eigenvalue weighted by molar-refractivity contribution is 7.10. The molecule has 4 heteroatoms. The predicted molar refractivity (Wildman–Crippen MR) is 72.0 cm³/mol. The first kappa shape index (κ1) is 12.2. The highest BCUT2D eigenvalue weighted by atomic mass is 35.5. The number of hydrogen-bond donors (Lipinski definition) is 0. The van der Waals surface area contributed by atoms with Gasteiger partial charge in [0.05, 0.1) is 15.5 Å². The number of hydrogen-bond acceptors (Lipinski definition) is 2. The van der Waals surface area contributed by atoms with Crippen molar-refractivity contribution >= 4 is 40.3 Å². The Kier molecular flexibility index (Phi) is 3.86. The number of Topliss-reactive ketones (excluding diaryl/α,β-unsaturated/α-hetero) is 1. The molecule has 0 spiro atoms. The highest BCUT2D eigenvalue weighted by Gasteiger charge is 2.08. The topological polar surface area (TPSA) is 17.1 Å². The van der Waals surface area contributed by atoms with Crippen LogP contribution in [0.1, 0.15) is 15.2 Å². The van der Waals surface area contributed by atoms with Crippen molar-refractivity contribution < 1.29 is 4.79 Å². The zero-order chi connectivity index (χ0) is 12.3. The number of ketones is 1. The molecule has 0 N–H and O–H groups in total. The summed E-state index contributed by atoms with van der Waals surface area (Å²) in [7, 11) is 0. The van der Waals surface area contributed by atoms with Crippen LogP contribution in [0.4, 0.5) is 0 Å². The Labute approximate surface area is 113 Å². The first-order chi connectivity index (χ1) is 8.16. The van der Waals surface area contributed by atoms with Crippen molar-refractivity contribution in [3.8, 4) is 11.8 Å². The number of rotatable bonds is 1. The zero-order valence-corrected chi connectivity index (χ0v) is 10.9. The Balaban J connectivity index is 2.29. The molecule has 1 aromatic carbocycles. The summed E-state index contributed by atoms with van der Waals surface area (Å²) in [6.45, 7) is 0. The van der Waals surface area contributed by atoms with Crippen LogP contribution in [0.25, 0.3) is 0 Å². The second-order valence-electron chi connectivity index (χ2n) is 3.18. The van der Waals surface area contributed by atoms with Crippen molar-refractivity contribution in [3.63, 3.8) is 0 Å². The Morgan fingerprint density at radius 3 is 2.76 bits per heavy atom. The van der Waals surface area contributed by atoms with Crippen LogP contribution in [0, 0.1) is 11.8 Å². The summed E-state index contributed by atoms with van der Waals surface area (Å²) < 4.78 is 0. The van der Waals surface area contributed by atoms with Gasteiger partial charge in [-0.15, -0.1) is 11.3 Å².